The van der Waals surface area contributed by atoms with Gasteiger partial charge in [0.25, 0.3) is 0 Å². The van der Waals surface area contributed by atoms with Gasteiger partial charge in [-0.3, -0.25) is 0 Å². The van der Waals surface area contributed by atoms with E-state index in [1.165, 1.54) is 6.07 Å². The Labute approximate surface area is 117 Å². The predicted octanol–water partition coefficient (Wildman–Crippen LogP) is 2.06. The Morgan fingerprint density at radius 1 is 1.42 bits per heavy atom. The highest BCUT2D eigenvalue weighted by Gasteiger charge is 2.13. The van der Waals surface area contributed by atoms with Crippen molar-refractivity contribution in [2.75, 3.05) is 0 Å². The summed E-state index contributed by atoms with van der Waals surface area (Å²) in [5.41, 5.74) is 5.92. The maximum atomic E-state index is 13.7. The highest BCUT2D eigenvalue weighted by atomic mass is 32.1. The number of carbonyl (C=O) groups is 1. The van der Waals surface area contributed by atoms with Gasteiger partial charge in [0.2, 0.25) is 0 Å². The normalized spacial score (nSPS) is 10.9. The molecule has 0 atom stereocenters. The van der Waals surface area contributed by atoms with Crippen LogP contribution in [0.1, 0.15) is 31.9 Å². The highest BCUT2D eigenvalue weighted by molar-refractivity contribution is 7.80. The van der Waals surface area contributed by atoms with Gasteiger partial charge >= 0.3 is 6.03 Å². The van der Waals surface area contributed by atoms with Crippen molar-refractivity contribution in [3.8, 4) is 0 Å². The van der Waals surface area contributed by atoms with Gasteiger partial charge in [-0.1, -0.05) is 24.4 Å². The zero-order chi connectivity index (χ0) is 14.6. The minimum Gasteiger partial charge on any atom is -0.389 e. The molecule has 0 radical (unpaired) electrons. The molecule has 1 aromatic rings. The molecule has 1 aromatic carbocycles. The summed E-state index contributed by atoms with van der Waals surface area (Å²) < 4.78 is 13.7. The van der Waals surface area contributed by atoms with E-state index < -0.39 is 5.82 Å². The second kappa shape index (κ2) is 5.97. The van der Waals surface area contributed by atoms with Gasteiger partial charge < -0.3 is 16.4 Å². The molecule has 4 N–H and O–H groups in total. The molecule has 0 aliphatic heterocycles. The first-order chi connectivity index (χ1) is 8.69. The number of carbonyl (C=O) groups excluding carboxylic acids is 1. The number of nitrogens with two attached hydrogens (primary N) is 1. The van der Waals surface area contributed by atoms with E-state index in [2.05, 4.69) is 10.6 Å². The number of amides is 2. The van der Waals surface area contributed by atoms with Crippen LogP contribution < -0.4 is 16.4 Å². The fourth-order valence-corrected chi connectivity index (χ4v) is 1.53. The Bertz CT molecular complexity index is 497. The third-order valence-corrected chi connectivity index (χ3v) is 2.50. The Morgan fingerprint density at radius 3 is 2.53 bits per heavy atom. The molecule has 2 amide bonds. The Morgan fingerprint density at radius 2 is 2.05 bits per heavy atom. The number of hydrogen-bond acceptors (Lipinski definition) is 2. The molecule has 104 valence electrons. The van der Waals surface area contributed by atoms with Crippen molar-refractivity contribution in [3.63, 3.8) is 0 Å². The Hall–Kier alpha value is -1.69. The second-order valence-electron chi connectivity index (χ2n) is 5.23. The van der Waals surface area contributed by atoms with E-state index in [0.29, 0.717) is 11.1 Å². The van der Waals surface area contributed by atoms with Crippen molar-refractivity contribution in [3.05, 3.63) is 35.1 Å². The fraction of sp³-hybridized carbons (Fsp3) is 0.385. The highest BCUT2D eigenvalue weighted by Crippen LogP contribution is 2.10. The van der Waals surface area contributed by atoms with Gasteiger partial charge in [0.1, 0.15) is 10.8 Å². The lowest BCUT2D eigenvalue weighted by atomic mass is 10.1. The molecule has 0 saturated carbocycles. The van der Waals surface area contributed by atoms with Crippen LogP contribution in [0.4, 0.5) is 9.18 Å². The molecule has 6 heteroatoms. The van der Waals surface area contributed by atoms with Crippen LogP contribution in [0, 0.1) is 5.82 Å². The Kier molecular flexibility index (Phi) is 4.83. The van der Waals surface area contributed by atoms with Crippen LogP contribution >= 0.6 is 12.2 Å². The molecular formula is C13H18FN3OS. The van der Waals surface area contributed by atoms with Gasteiger partial charge in [0, 0.05) is 23.2 Å². The fourth-order valence-electron chi connectivity index (χ4n) is 1.40. The average Bonchev–Trinajstić information content (AvgIpc) is 2.24. The standard InChI is InChI=1S/C13H18FN3OS/c1-13(2,3)17-12(18)16-7-9-5-4-8(11(15)19)6-10(9)14/h4-6H,7H2,1-3H3,(H2,15,19)(H2,16,17,18). The lowest BCUT2D eigenvalue weighted by Gasteiger charge is -2.20. The van der Waals surface area contributed by atoms with E-state index in [9.17, 15) is 9.18 Å². The zero-order valence-electron chi connectivity index (χ0n) is 11.2. The first-order valence-corrected chi connectivity index (χ1v) is 6.24. The van der Waals surface area contributed by atoms with Crippen LogP contribution in [0.15, 0.2) is 18.2 Å². The number of thiocarbonyl (C=S) groups is 1. The maximum Gasteiger partial charge on any atom is 0.315 e. The van der Waals surface area contributed by atoms with Crippen molar-refractivity contribution < 1.29 is 9.18 Å². The minimum absolute atomic E-state index is 0.103. The Balaban J connectivity index is 2.64. The van der Waals surface area contributed by atoms with Crippen molar-refractivity contribution in [1.82, 2.24) is 10.6 Å². The van der Waals surface area contributed by atoms with Crippen LogP contribution in [-0.2, 0) is 6.54 Å². The average molecular weight is 283 g/mol. The van der Waals surface area contributed by atoms with Crippen LogP contribution in [0.2, 0.25) is 0 Å². The molecule has 0 bridgehead atoms. The summed E-state index contributed by atoms with van der Waals surface area (Å²) >= 11 is 4.76. The lowest BCUT2D eigenvalue weighted by molar-refractivity contribution is 0.231. The molecule has 0 unspecified atom stereocenters. The third-order valence-electron chi connectivity index (χ3n) is 2.27. The summed E-state index contributed by atoms with van der Waals surface area (Å²) in [5.74, 6) is -0.443. The summed E-state index contributed by atoms with van der Waals surface area (Å²) in [6, 6.07) is 4.11. The zero-order valence-corrected chi connectivity index (χ0v) is 12.0. The molecule has 1 rings (SSSR count). The number of urea groups is 1. The van der Waals surface area contributed by atoms with Gasteiger partial charge in [0.15, 0.2) is 0 Å². The predicted molar refractivity (Wildman–Crippen MR) is 77.4 cm³/mol. The number of benzene rings is 1. The number of halogens is 1. The van der Waals surface area contributed by atoms with Gasteiger partial charge in [-0.25, -0.2) is 9.18 Å². The monoisotopic (exact) mass is 283 g/mol. The van der Waals surface area contributed by atoms with Gasteiger partial charge in [-0.2, -0.15) is 0 Å². The van der Waals surface area contributed by atoms with E-state index in [1.807, 2.05) is 20.8 Å². The van der Waals surface area contributed by atoms with Crippen molar-refractivity contribution in [1.29, 1.82) is 0 Å². The quantitative estimate of drug-likeness (QED) is 0.744. The summed E-state index contributed by atoms with van der Waals surface area (Å²) in [6.07, 6.45) is 0. The maximum absolute atomic E-state index is 13.7. The molecule has 4 nitrogen and oxygen atoms in total. The van der Waals surface area contributed by atoms with Crippen molar-refractivity contribution in [2.24, 2.45) is 5.73 Å². The SMILES string of the molecule is CC(C)(C)NC(=O)NCc1ccc(C(N)=S)cc1F. The summed E-state index contributed by atoms with van der Waals surface area (Å²) in [5, 5.41) is 5.32. The van der Waals surface area contributed by atoms with Crippen LogP contribution in [0.3, 0.4) is 0 Å². The van der Waals surface area contributed by atoms with Gasteiger partial charge in [0.05, 0.1) is 0 Å². The second-order valence-corrected chi connectivity index (χ2v) is 5.67. The number of nitrogens with one attached hydrogen (secondary N) is 2. The topological polar surface area (TPSA) is 67.2 Å². The van der Waals surface area contributed by atoms with Crippen molar-refractivity contribution in [2.45, 2.75) is 32.9 Å². The molecule has 19 heavy (non-hydrogen) atoms. The smallest absolute Gasteiger partial charge is 0.315 e. The first-order valence-electron chi connectivity index (χ1n) is 5.83. The lowest BCUT2D eigenvalue weighted by Crippen LogP contribution is -2.46. The van der Waals surface area contributed by atoms with E-state index >= 15 is 0 Å². The largest absolute Gasteiger partial charge is 0.389 e. The van der Waals surface area contributed by atoms with Crippen molar-refractivity contribution >= 4 is 23.2 Å². The summed E-state index contributed by atoms with van der Waals surface area (Å²) in [6.45, 7) is 5.70. The molecule has 0 spiro atoms. The first kappa shape index (κ1) is 15.4. The number of rotatable bonds is 3. The molecule has 0 aliphatic rings. The molecule has 0 aliphatic carbocycles. The summed E-state index contributed by atoms with van der Waals surface area (Å²) in [7, 11) is 0. The van der Waals surface area contributed by atoms with Crippen LogP contribution in [0.25, 0.3) is 0 Å². The van der Waals surface area contributed by atoms with E-state index in [0.717, 1.165) is 0 Å². The molecular weight excluding hydrogens is 265 g/mol. The number of hydrogen-bond donors (Lipinski definition) is 3. The van der Waals surface area contributed by atoms with E-state index in [-0.39, 0.29) is 23.1 Å². The van der Waals surface area contributed by atoms with Gasteiger partial charge in [-0.15, -0.1) is 0 Å². The molecule has 0 aromatic heterocycles. The van der Waals surface area contributed by atoms with Crippen LogP contribution in [-0.4, -0.2) is 16.6 Å². The van der Waals surface area contributed by atoms with E-state index in [1.54, 1.807) is 12.1 Å². The molecule has 0 fully saturated rings. The molecule has 0 saturated heterocycles. The minimum atomic E-state index is -0.443. The molecule has 0 heterocycles. The third kappa shape index (κ3) is 5.21. The van der Waals surface area contributed by atoms with Crippen LogP contribution in [0.5, 0.6) is 0 Å². The summed E-state index contributed by atoms with van der Waals surface area (Å²) in [4.78, 5) is 11.7. The van der Waals surface area contributed by atoms with Gasteiger partial charge in [-0.05, 0) is 26.8 Å². The van der Waals surface area contributed by atoms with E-state index in [4.69, 9.17) is 18.0 Å².